The molecule has 0 aromatic carbocycles. The fourth-order valence-electron chi connectivity index (χ4n) is 3.60. The van der Waals surface area contributed by atoms with E-state index in [1.807, 2.05) is 0 Å². The zero-order chi connectivity index (χ0) is 20.7. The zero-order valence-electron chi connectivity index (χ0n) is 17.8. The van der Waals surface area contributed by atoms with E-state index in [4.69, 9.17) is 4.74 Å². The average Bonchev–Trinajstić information content (AvgIpc) is 3.46. The van der Waals surface area contributed by atoms with Crippen molar-refractivity contribution in [2.75, 3.05) is 19.8 Å². The third-order valence-electron chi connectivity index (χ3n) is 5.73. The van der Waals surface area contributed by atoms with Gasteiger partial charge in [-0.25, -0.2) is 0 Å². The van der Waals surface area contributed by atoms with E-state index in [-0.39, 0.29) is 5.91 Å². The Morgan fingerprint density at radius 3 is 1.75 bits per heavy atom. The lowest BCUT2D eigenvalue weighted by Crippen LogP contribution is -2.57. The number of epoxide rings is 1. The van der Waals surface area contributed by atoms with Crippen LogP contribution in [0.15, 0.2) is 0 Å². The minimum Gasteiger partial charge on any atom is -0.394 e. The van der Waals surface area contributed by atoms with Gasteiger partial charge >= 0.3 is 0 Å². The molecule has 1 rings (SSSR count). The molecule has 1 heterocycles. The molecule has 4 N–H and O–H groups in total. The molecule has 2 unspecified atom stereocenters. The van der Waals surface area contributed by atoms with Gasteiger partial charge in [0, 0.05) is 6.42 Å². The Balaban J connectivity index is 1.90. The van der Waals surface area contributed by atoms with Gasteiger partial charge in [0.15, 0.2) is 0 Å². The Bertz CT molecular complexity index is 392. The lowest BCUT2D eigenvalue weighted by molar-refractivity contribution is -0.125. The molecule has 6 nitrogen and oxygen atoms in total. The molecule has 1 aliphatic rings. The van der Waals surface area contributed by atoms with Crippen molar-refractivity contribution in [2.24, 2.45) is 0 Å². The summed E-state index contributed by atoms with van der Waals surface area (Å²) in [5.41, 5.74) is -1.31. The first kappa shape index (κ1) is 25.3. The lowest BCUT2D eigenvalue weighted by atomic mass is 10.0. The Hall–Kier alpha value is -0.690. The highest BCUT2D eigenvalue weighted by molar-refractivity contribution is 5.76. The molecule has 0 aromatic heterocycles. The Labute approximate surface area is 171 Å². The van der Waals surface area contributed by atoms with Crippen LogP contribution in [0.1, 0.15) is 96.8 Å². The molecule has 0 radical (unpaired) electrons. The SMILES string of the molecule is CCCCCCCCC1OC1CCCCCCCC(=O)NC(CO)(CO)CO. The molecule has 0 spiro atoms. The lowest BCUT2D eigenvalue weighted by Gasteiger charge is -2.28. The second-order valence-corrected chi connectivity index (χ2v) is 8.38. The van der Waals surface area contributed by atoms with Crippen LogP contribution in [0.4, 0.5) is 0 Å². The second-order valence-electron chi connectivity index (χ2n) is 8.38. The van der Waals surface area contributed by atoms with Crippen LogP contribution in [0.3, 0.4) is 0 Å². The van der Waals surface area contributed by atoms with Crippen molar-refractivity contribution in [1.82, 2.24) is 5.32 Å². The van der Waals surface area contributed by atoms with Crippen molar-refractivity contribution in [3.8, 4) is 0 Å². The van der Waals surface area contributed by atoms with E-state index in [9.17, 15) is 20.1 Å². The van der Waals surface area contributed by atoms with Crippen molar-refractivity contribution < 1.29 is 24.9 Å². The predicted molar refractivity (Wildman–Crippen MR) is 111 cm³/mol. The number of ether oxygens (including phenoxy) is 1. The third-order valence-corrected chi connectivity index (χ3v) is 5.73. The summed E-state index contributed by atoms with van der Waals surface area (Å²) in [6, 6.07) is 0. The fourth-order valence-corrected chi connectivity index (χ4v) is 3.60. The molecule has 1 saturated heterocycles. The highest BCUT2D eigenvalue weighted by Crippen LogP contribution is 2.31. The molecule has 1 aliphatic heterocycles. The largest absolute Gasteiger partial charge is 0.394 e. The van der Waals surface area contributed by atoms with E-state index in [0.29, 0.717) is 18.6 Å². The first-order valence-corrected chi connectivity index (χ1v) is 11.4. The second kappa shape index (κ2) is 15.2. The van der Waals surface area contributed by atoms with Crippen molar-refractivity contribution in [1.29, 1.82) is 0 Å². The minimum atomic E-state index is -1.31. The van der Waals surface area contributed by atoms with Gasteiger partial charge in [0.2, 0.25) is 5.91 Å². The summed E-state index contributed by atoms with van der Waals surface area (Å²) in [6.07, 6.45) is 17.0. The van der Waals surface area contributed by atoms with E-state index in [2.05, 4.69) is 12.2 Å². The highest BCUT2D eigenvalue weighted by atomic mass is 16.6. The summed E-state index contributed by atoms with van der Waals surface area (Å²) in [5, 5.41) is 30.2. The Morgan fingerprint density at radius 2 is 1.25 bits per heavy atom. The summed E-state index contributed by atoms with van der Waals surface area (Å²) < 4.78 is 5.77. The molecule has 6 heteroatoms. The molecular weight excluding hydrogens is 358 g/mol. The van der Waals surface area contributed by atoms with Gasteiger partial charge < -0.3 is 25.4 Å². The number of aliphatic hydroxyl groups is 3. The van der Waals surface area contributed by atoms with E-state index in [0.717, 1.165) is 25.7 Å². The molecule has 1 fully saturated rings. The number of amides is 1. The van der Waals surface area contributed by atoms with Crippen LogP contribution in [-0.4, -0.2) is 58.8 Å². The van der Waals surface area contributed by atoms with E-state index in [1.54, 1.807) is 0 Å². The van der Waals surface area contributed by atoms with Crippen LogP contribution >= 0.6 is 0 Å². The molecule has 0 aromatic rings. The quantitative estimate of drug-likeness (QED) is 0.197. The molecule has 1 amide bonds. The Kier molecular flexibility index (Phi) is 13.8. The number of hydrogen-bond acceptors (Lipinski definition) is 5. The summed E-state index contributed by atoms with van der Waals surface area (Å²) in [6.45, 7) is 0.817. The van der Waals surface area contributed by atoms with Crippen LogP contribution in [0.25, 0.3) is 0 Å². The summed E-state index contributed by atoms with van der Waals surface area (Å²) >= 11 is 0. The maximum absolute atomic E-state index is 11.9. The van der Waals surface area contributed by atoms with Crippen LogP contribution in [0.5, 0.6) is 0 Å². The zero-order valence-corrected chi connectivity index (χ0v) is 17.8. The fraction of sp³-hybridized carbons (Fsp3) is 0.955. The molecule has 166 valence electrons. The van der Waals surface area contributed by atoms with E-state index in [1.165, 1.54) is 57.8 Å². The average molecular weight is 402 g/mol. The van der Waals surface area contributed by atoms with Crippen molar-refractivity contribution in [3.63, 3.8) is 0 Å². The topological polar surface area (TPSA) is 102 Å². The number of unbranched alkanes of at least 4 members (excludes halogenated alkanes) is 9. The summed E-state index contributed by atoms with van der Waals surface area (Å²) in [7, 11) is 0. The molecule has 28 heavy (non-hydrogen) atoms. The number of aliphatic hydroxyl groups excluding tert-OH is 3. The number of nitrogens with one attached hydrogen (secondary N) is 1. The van der Waals surface area contributed by atoms with E-state index < -0.39 is 25.4 Å². The first-order chi connectivity index (χ1) is 13.6. The molecule has 2 atom stereocenters. The summed E-state index contributed by atoms with van der Waals surface area (Å²) in [5.74, 6) is -0.235. The monoisotopic (exact) mass is 401 g/mol. The van der Waals surface area contributed by atoms with Crippen molar-refractivity contribution in [2.45, 2.75) is 115 Å². The van der Waals surface area contributed by atoms with Gasteiger partial charge in [0.1, 0.15) is 5.54 Å². The predicted octanol–water partition coefficient (Wildman–Crippen LogP) is 3.07. The van der Waals surface area contributed by atoms with E-state index >= 15 is 0 Å². The summed E-state index contributed by atoms with van der Waals surface area (Å²) in [4.78, 5) is 11.9. The van der Waals surface area contributed by atoms with Gasteiger partial charge in [-0.15, -0.1) is 0 Å². The van der Waals surface area contributed by atoms with Crippen LogP contribution in [0.2, 0.25) is 0 Å². The van der Waals surface area contributed by atoms with Crippen LogP contribution in [0, 0.1) is 0 Å². The number of carbonyl (C=O) groups excluding carboxylic acids is 1. The standard InChI is InChI=1S/C22H43NO5/c1-2-3-4-5-7-10-13-19-20(28-19)14-11-8-6-9-12-15-21(27)23-22(16-24,17-25)18-26/h19-20,24-26H,2-18H2,1H3,(H,23,27). The molecular formula is C22H43NO5. The highest BCUT2D eigenvalue weighted by Gasteiger charge is 2.36. The van der Waals surface area contributed by atoms with Gasteiger partial charge in [0.25, 0.3) is 0 Å². The first-order valence-electron chi connectivity index (χ1n) is 11.4. The third kappa shape index (κ3) is 10.7. The van der Waals surface area contributed by atoms with Gasteiger partial charge in [-0.2, -0.15) is 0 Å². The minimum absolute atomic E-state index is 0.235. The maximum atomic E-state index is 11.9. The number of hydrogen-bond donors (Lipinski definition) is 4. The Morgan fingerprint density at radius 1 is 0.786 bits per heavy atom. The maximum Gasteiger partial charge on any atom is 0.220 e. The van der Waals surface area contributed by atoms with Crippen LogP contribution in [-0.2, 0) is 9.53 Å². The number of carbonyl (C=O) groups is 1. The van der Waals surface area contributed by atoms with Crippen molar-refractivity contribution in [3.05, 3.63) is 0 Å². The normalized spacial score (nSPS) is 19.0. The van der Waals surface area contributed by atoms with Gasteiger partial charge in [0.05, 0.1) is 32.0 Å². The van der Waals surface area contributed by atoms with Gasteiger partial charge in [-0.05, 0) is 19.3 Å². The molecule has 0 saturated carbocycles. The molecule has 0 aliphatic carbocycles. The smallest absolute Gasteiger partial charge is 0.220 e. The van der Waals surface area contributed by atoms with Gasteiger partial charge in [-0.3, -0.25) is 4.79 Å². The van der Waals surface area contributed by atoms with Crippen LogP contribution < -0.4 is 5.32 Å². The number of rotatable bonds is 19. The van der Waals surface area contributed by atoms with Crippen molar-refractivity contribution >= 4 is 5.91 Å². The van der Waals surface area contributed by atoms with Gasteiger partial charge in [-0.1, -0.05) is 71.1 Å². The molecule has 0 bridgehead atoms.